The van der Waals surface area contributed by atoms with Crippen molar-refractivity contribution in [1.29, 1.82) is 0 Å². The van der Waals surface area contributed by atoms with Crippen molar-refractivity contribution in [2.24, 2.45) is 10.9 Å². The average Bonchev–Trinajstić information content (AvgIpc) is 3.13. The lowest BCUT2D eigenvalue weighted by atomic mass is 9.83. The van der Waals surface area contributed by atoms with Gasteiger partial charge in [-0.05, 0) is 25.0 Å². The summed E-state index contributed by atoms with van der Waals surface area (Å²) in [4.78, 5) is 12.3. The Hall–Kier alpha value is -3.11. The van der Waals surface area contributed by atoms with Crippen LogP contribution in [0.25, 0.3) is 22.2 Å². The Labute approximate surface area is 180 Å². The summed E-state index contributed by atoms with van der Waals surface area (Å²) in [5.74, 6) is 0.591. The van der Waals surface area contributed by atoms with Crippen LogP contribution in [0.1, 0.15) is 24.8 Å². The molecule has 2 aliphatic heterocycles. The van der Waals surface area contributed by atoms with Crippen LogP contribution < -0.4 is 5.32 Å². The molecule has 0 radical (unpaired) electrons. The van der Waals surface area contributed by atoms with Gasteiger partial charge in [-0.25, -0.2) is 4.98 Å². The number of halogens is 1. The first kappa shape index (κ1) is 17.7. The first-order valence-electron chi connectivity index (χ1n) is 10.4. The molecule has 4 nitrogen and oxygen atoms in total. The Morgan fingerprint density at radius 2 is 1.80 bits per heavy atom. The van der Waals surface area contributed by atoms with Gasteiger partial charge in [0.25, 0.3) is 0 Å². The summed E-state index contributed by atoms with van der Waals surface area (Å²) in [7, 11) is 0. The summed E-state index contributed by atoms with van der Waals surface area (Å²) in [6.07, 6.45) is 7.83. The average molecular weight is 413 g/mol. The standard InChI is InChI=1S/C25H21ClN4/c26-24-23-22(29-25(18-7-4-8-18)30(23)14-13-27-24)19-10-9-17-11-12-20(28-21(17)15-19)16-5-2-1-3-6-16/h1-3,5-6,9-15,18,25,27H,4,7-8H2. The Kier molecular flexibility index (Phi) is 4.13. The van der Waals surface area contributed by atoms with Crippen LogP contribution in [-0.2, 0) is 0 Å². The Bertz CT molecular complexity index is 1220. The number of fused-ring (bicyclic) bond motifs is 2. The molecule has 1 N–H and O–H groups in total. The molecule has 1 fully saturated rings. The van der Waals surface area contributed by atoms with E-state index in [9.17, 15) is 0 Å². The number of nitrogens with zero attached hydrogens (tertiary/aromatic N) is 3. The maximum atomic E-state index is 6.60. The number of hydrogen-bond donors (Lipinski definition) is 1. The second-order valence-corrected chi connectivity index (χ2v) is 8.46. The molecule has 1 unspecified atom stereocenters. The molecule has 0 bridgehead atoms. The van der Waals surface area contributed by atoms with E-state index < -0.39 is 0 Å². The number of nitrogens with one attached hydrogen (secondary N) is 1. The van der Waals surface area contributed by atoms with Crippen LogP contribution in [-0.4, -0.2) is 21.8 Å². The highest BCUT2D eigenvalue weighted by Gasteiger charge is 2.40. The van der Waals surface area contributed by atoms with E-state index >= 15 is 0 Å². The van der Waals surface area contributed by atoms with Gasteiger partial charge in [-0.2, -0.15) is 0 Å². The van der Waals surface area contributed by atoms with Crippen molar-refractivity contribution < 1.29 is 0 Å². The largest absolute Gasteiger partial charge is 0.349 e. The molecule has 3 aromatic rings. The Balaban J connectivity index is 1.45. The molecular formula is C25H21ClN4. The van der Waals surface area contributed by atoms with Crippen LogP contribution in [0.5, 0.6) is 0 Å². The lowest BCUT2D eigenvalue weighted by Gasteiger charge is -2.36. The van der Waals surface area contributed by atoms with E-state index in [1.165, 1.54) is 19.3 Å². The van der Waals surface area contributed by atoms with Gasteiger partial charge in [-0.15, -0.1) is 0 Å². The normalized spacial score (nSPS) is 20.8. The van der Waals surface area contributed by atoms with Crippen LogP contribution in [0, 0.1) is 5.92 Å². The number of aliphatic imine (C=N–C) groups is 1. The third kappa shape index (κ3) is 2.83. The van der Waals surface area contributed by atoms with Crippen molar-refractivity contribution in [2.45, 2.75) is 25.4 Å². The van der Waals surface area contributed by atoms with Gasteiger partial charge < -0.3 is 10.2 Å². The molecule has 3 aliphatic rings. The molecule has 1 aromatic heterocycles. The summed E-state index contributed by atoms with van der Waals surface area (Å²) >= 11 is 6.60. The van der Waals surface area contributed by atoms with E-state index in [1.807, 2.05) is 24.4 Å². The number of pyridine rings is 1. The van der Waals surface area contributed by atoms with Crippen LogP contribution in [0.2, 0.25) is 0 Å². The highest BCUT2D eigenvalue weighted by molar-refractivity contribution is 6.33. The molecule has 0 amide bonds. The molecule has 5 heteroatoms. The predicted molar refractivity (Wildman–Crippen MR) is 122 cm³/mol. The van der Waals surface area contributed by atoms with Gasteiger partial charge in [0.1, 0.15) is 17.0 Å². The Morgan fingerprint density at radius 3 is 2.60 bits per heavy atom. The Morgan fingerprint density at radius 1 is 0.967 bits per heavy atom. The second kappa shape index (κ2) is 6.99. The van der Waals surface area contributed by atoms with E-state index in [1.54, 1.807) is 0 Å². The third-order valence-electron chi connectivity index (χ3n) is 6.29. The summed E-state index contributed by atoms with van der Waals surface area (Å²) in [6, 6.07) is 20.9. The predicted octanol–water partition coefficient (Wildman–Crippen LogP) is 5.62. The molecule has 6 rings (SSSR count). The van der Waals surface area contributed by atoms with E-state index in [-0.39, 0.29) is 6.17 Å². The lowest BCUT2D eigenvalue weighted by Crippen LogP contribution is -2.37. The maximum Gasteiger partial charge on any atom is 0.132 e. The molecular weight excluding hydrogens is 392 g/mol. The fraction of sp³-hybridized carbons (Fsp3) is 0.200. The highest BCUT2D eigenvalue weighted by atomic mass is 35.5. The van der Waals surface area contributed by atoms with Gasteiger partial charge in [0.15, 0.2) is 0 Å². The zero-order valence-corrected chi connectivity index (χ0v) is 17.2. The summed E-state index contributed by atoms with van der Waals surface area (Å²) in [6.45, 7) is 0. The number of allylic oxidation sites excluding steroid dienone is 1. The van der Waals surface area contributed by atoms with E-state index in [4.69, 9.17) is 21.6 Å². The minimum absolute atomic E-state index is 0.134. The SMILES string of the molecule is ClC1=C2C(c3ccc4ccc(-c5ccccc5)nc4c3)=NC(C3CCC3)N2C=CN1. The maximum absolute atomic E-state index is 6.60. The van der Waals surface area contributed by atoms with Crippen molar-refractivity contribution in [2.75, 3.05) is 0 Å². The fourth-order valence-corrected chi connectivity index (χ4v) is 4.72. The zero-order chi connectivity index (χ0) is 20.1. The van der Waals surface area contributed by atoms with E-state index in [0.717, 1.165) is 39.1 Å². The lowest BCUT2D eigenvalue weighted by molar-refractivity contribution is 0.180. The zero-order valence-electron chi connectivity index (χ0n) is 16.4. The van der Waals surface area contributed by atoms with E-state index in [2.05, 4.69) is 58.9 Å². The van der Waals surface area contributed by atoms with Gasteiger partial charge in [0.05, 0.1) is 16.9 Å². The topological polar surface area (TPSA) is 40.5 Å². The monoisotopic (exact) mass is 412 g/mol. The van der Waals surface area contributed by atoms with Crippen LogP contribution >= 0.6 is 11.6 Å². The van der Waals surface area contributed by atoms with Gasteiger partial charge in [-0.3, -0.25) is 4.99 Å². The van der Waals surface area contributed by atoms with Gasteiger partial charge in [0.2, 0.25) is 0 Å². The minimum atomic E-state index is 0.134. The van der Waals surface area contributed by atoms with Crippen LogP contribution in [0.15, 0.2) is 88.9 Å². The molecule has 3 heterocycles. The van der Waals surface area contributed by atoms with Crippen LogP contribution in [0.3, 0.4) is 0 Å². The number of hydrogen-bond acceptors (Lipinski definition) is 4. The van der Waals surface area contributed by atoms with Gasteiger partial charge in [-0.1, -0.05) is 66.6 Å². The quantitative estimate of drug-likeness (QED) is 0.568. The molecule has 148 valence electrons. The van der Waals surface area contributed by atoms with Gasteiger partial charge in [0, 0.05) is 34.8 Å². The molecule has 0 saturated heterocycles. The van der Waals surface area contributed by atoms with Crippen molar-refractivity contribution in [3.8, 4) is 11.3 Å². The van der Waals surface area contributed by atoms with Crippen molar-refractivity contribution in [1.82, 2.24) is 15.2 Å². The number of benzene rings is 2. The smallest absolute Gasteiger partial charge is 0.132 e. The first-order valence-corrected chi connectivity index (χ1v) is 10.8. The van der Waals surface area contributed by atoms with Crippen molar-refractivity contribution in [3.05, 3.63) is 89.5 Å². The molecule has 1 aliphatic carbocycles. The molecule has 0 spiro atoms. The first-order chi connectivity index (χ1) is 14.8. The highest BCUT2D eigenvalue weighted by Crippen LogP contribution is 2.41. The van der Waals surface area contributed by atoms with Crippen molar-refractivity contribution >= 4 is 28.2 Å². The van der Waals surface area contributed by atoms with Crippen molar-refractivity contribution in [3.63, 3.8) is 0 Å². The summed E-state index contributed by atoms with van der Waals surface area (Å²) in [5.41, 5.74) is 6.02. The molecule has 30 heavy (non-hydrogen) atoms. The third-order valence-corrected chi connectivity index (χ3v) is 6.58. The van der Waals surface area contributed by atoms with Crippen LogP contribution in [0.4, 0.5) is 0 Å². The molecule has 1 atom stereocenters. The van der Waals surface area contributed by atoms with Gasteiger partial charge >= 0.3 is 0 Å². The minimum Gasteiger partial charge on any atom is -0.349 e. The number of rotatable bonds is 3. The summed E-state index contributed by atoms with van der Waals surface area (Å²) < 4.78 is 0. The van der Waals surface area contributed by atoms with E-state index in [0.29, 0.717) is 11.1 Å². The summed E-state index contributed by atoms with van der Waals surface area (Å²) in [5, 5.41) is 4.89. The molecule has 2 aromatic carbocycles. The second-order valence-electron chi connectivity index (χ2n) is 8.08. The molecule has 1 saturated carbocycles. The fourth-order valence-electron chi connectivity index (χ4n) is 4.47. The number of aromatic nitrogens is 1.